The van der Waals surface area contributed by atoms with E-state index in [0.29, 0.717) is 12.8 Å². The third kappa shape index (κ3) is 3.04. The smallest absolute Gasteiger partial charge is 0.258 e. The van der Waals surface area contributed by atoms with E-state index >= 15 is 0 Å². The number of halogens is 1. The van der Waals surface area contributed by atoms with Crippen LogP contribution in [0.5, 0.6) is 5.75 Å². The maximum Gasteiger partial charge on any atom is 0.258 e. The monoisotopic (exact) mass is 267 g/mol. The van der Waals surface area contributed by atoms with Crippen LogP contribution in [-0.4, -0.2) is 30.3 Å². The third-order valence-corrected chi connectivity index (χ3v) is 3.47. The molecule has 2 rings (SSSR count). The molecule has 1 aliphatic rings. The van der Waals surface area contributed by atoms with Gasteiger partial charge in [0.1, 0.15) is 17.1 Å². The standard InChI is InChI=1S/C14H18FNO3/c1-19-12-8-4-5-9(15)13(12)14(18)16-10-6-2-3-7-11(10)17/h4-5,8,10-11,17H,2-3,6-7H2,1H3,(H,16,18). The summed E-state index contributed by atoms with van der Waals surface area (Å²) < 4.78 is 18.7. The zero-order chi connectivity index (χ0) is 13.8. The summed E-state index contributed by atoms with van der Waals surface area (Å²) in [7, 11) is 1.39. The van der Waals surface area contributed by atoms with Crippen LogP contribution in [0, 0.1) is 5.82 Å². The summed E-state index contributed by atoms with van der Waals surface area (Å²) >= 11 is 0. The quantitative estimate of drug-likeness (QED) is 0.879. The van der Waals surface area contributed by atoms with Crippen molar-refractivity contribution in [2.24, 2.45) is 0 Å². The fraction of sp³-hybridized carbons (Fsp3) is 0.500. The van der Waals surface area contributed by atoms with Gasteiger partial charge in [0, 0.05) is 0 Å². The summed E-state index contributed by atoms with van der Waals surface area (Å²) in [5, 5.41) is 12.5. The average Bonchev–Trinajstić information content (AvgIpc) is 2.40. The van der Waals surface area contributed by atoms with E-state index in [0.717, 1.165) is 12.8 Å². The van der Waals surface area contributed by atoms with Gasteiger partial charge >= 0.3 is 0 Å². The Bertz CT molecular complexity index is 464. The number of aliphatic hydroxyl groups excluding tert-OH is 1. The van der Waals surface area contributed by atoms with Crippen molar-refractivity contribution in [1.29, 1.82) is 0 Å². The predicted molar refractivity (Wildman–Crippen MR) is 68.7 cm³/mol. The molecule has 19 heavy (non-hydrogen) atoms. The lowest BCUT2D eigenvalue weighted by atomic mass is 9.92. The summed E-state index contributed by atoms with van der Waals surface area (Å²) in [4.78, 5) is 12.1. The lowest BCUT2D eigenvalue weighted by molar-refractivity contribution is 0.0712. The lowest BCUT2D eigenvalue weighted by Gasteiger charge is -2.28. The largest absolute Gasteiger partial charge is 0.496 e. The molecule has 0 aromatic heterocycles. The molecule has 104 valence electrons. The lowest BCUT2D eigenvalue weighted by Crippen LogP contribution is -2.45. The number of hydrogen-bond donors (Lipinski definition) is 2. The molecule has 1 aliphatic carbocycles. The molecule has 5 heteroatoms. The van der Waals surface area contributed by atoms with Crippen LogP contribution in [0.2, 0.25) is 0 Å². The van der Waals surface area contributed by atoms with Crippen LogP contribution in [0.1, 0.15) is 36.0 Å². The Hall–Kier alpha value is -1.62. The minimum atomic E-state index is -0.623. The summed E-state index contributed by atoms with van der Waals surface area (Å²) in [6, 6.07) is 3.93. The van der Waals surface area contributed by atoms with E-state index in [1.807, 2.05) is 0 Å². The molecule has 1 aromatic carbocycles. The van der Waals surface area contributed by atoms with E-state index in [1.165, 1.54) is 25.3 Å². The Morgan fingerprint density at radius 3 is 2.84 bits per heavy atom. The average molecular weight is 267 g/mol. The molecular formula is C14H18FNO3. The molecule has 0 spiro atoms. The Morgan fingerprint density at radius 2 is 2.16 bits per heavy atom. The molecule has 1 fully saturated rings. The van der Waals surface area contributed by atoms with Crippen LogP contribution in [-0.2, 0) is 0 Å². The van der Waals surface area contributed by atoms with Crippen molar-refractivity contribution >= 4 is 5.91 Å². The van der Waals surface area contributed by atoms with Crippen LogP contribution in [0.25, 0.3) is 0 Å². The van der Waals surface area contributed by atoms with E-state index < -0.39 is 17.8 Å². The number of hydrogen-bond acceptors (Lipinski definition) is 3. The van der Waals surface area contributed by atoms with E-state index in [4.69, 9.17) is 4.74 Å². The fourth-order valence-electron chi connectivity index (χ4n) is 2.42. The Balaban J connectivity index is 2.15. The SMILES string of the molecule is COc1cccc(F)c1C(=O)NC1CCCCC1O. The molecule has 2 unspecified atom stereocenters. The molecule has 2 atom stereocenters. The molecule has 2 N–H and O–H groups in total. The first-order valence-electron chi connectivity index (χ1n) is 6.45. The minimum Gasteiger partial charge on any atom is -0.496 e. The van der Waals surface area contributed by atoms with Gasteiger partial charge in [-0.3, -0.25) is 4.79 Å². The molecule has 0 heterocycles. The van der Waals surface area contributed by atoms with Gasteiger partial charge < -0.3 is 15.2 Å². The number of aliphatic hydroxyl groups is 1. The highest BCUT2D eigenvalue weighted by Gasteiger charge is 2.27. The van der Waals surface area contributed by atoms with Crippen LogP contribution in [0.4, 0.5) is 4.39 Å². The van der Waals surface area contributed by atoms with Crippen molar-refractivity contribution in [2.75, 3.05) is 7.11 Å². The van der Waals surface area contributed by atoms with Crippen LogP contribution in [0.3, 0.4) is 0 Å². The van der Waals surface area contributed by atoms with Crippen molar-refractivity contribution in [3.63, 3.8) is 0 Å². The summed E-state index contributed by atoms with van der Waals surface area (Å²) in [6.07, 6.45) is 2.73. The Morgan fingerprint density at radius 1 is 1.42 bits per heavy atom. The van der Waals surface area contributed by atoms with Crippen molar-refractivity contribution in [2.45, 2.75) is 37.8 Å². The molecule has 1 saturated carbocycles. The summed E-state index contributed by atoms with van der Waals surface area (Å²) in [5.74, 6) is -0.967. The first-order chi connectivity index (χ1) is 9.13. The molecule has 0 aliphatic heterocycles. The van der Waals surface area contributed by atoms with Gasteiger partial charge in [-0.2, -0.15) is 0 Å². The van der Waals surface area contributed by atoms with E-state index in [1.54, 1.807) is 0 Å². The van der Waals surface area contributed by atoms with Crippen molar-refractivity contribution in [3.8, 4) is 5.75 Å². The number of benzene rings is 1. The number of rotatable bonds is 3. The second-order valence-corrected chi connectivity index (χ2v) is 4.75. The van der Waals surface area contributed by atoms with Gasteiger partial charge in [-0.1, -0.05) is 18.9 Å². The molecule has 1 aromatic rings. The Kier molecular flexibility index (Phi) is 4.37. The van der Waals surface area contributed by atoms with Gasteiger partial charge in [0.2, 0.25) is 0 Å². The van der Waals surface area contributed by atoms with Crippen LogP contribution < -0.4 is 10.1 Å². The van der Waals surface area contributed by atoms with E-state index in [-0.39, 0.29) is 17.4 Å². The van der Waals surface area contributed by atoms with Crippen molar-refractivity contribution in [1.82, 2.24) is 5.32 Å². The molecule has 0 saturated heterocycles. The van der Waals surface area contributed by atoms with Gasteiger partial charge in [0.15, 0.2) is 0 Å². The summed E-state index contributed by atoms with van der Waals surface area (Å²) in [6.45, 7) is 0. The van der Waals surface area contributed by atoms with Crippen molar-refractivity contribution < 1.29 is 19.0 Å². The summed E-state index contributed by atoms with van der Waals surface area (Å²) in [5.41, 5.74) is -0.109. The van der Waals surface area contributed by atoms with Crippen LogP contribution >= 0.6 is 0 Å². The van der Waals surface area contributed by atoms with Gasteiger partial charge in [0.25, 0.3) is 5.91 Å². The third-order valence-electron chi connectivity index (χ3n) is 3.47. The second kappa shape index (κ2) is 6.02. The topological polar surface area (TPSA) is 58.6 Å². The second-order valence-electron chi connectivity index (χ2n) is 4.75. The molecular weight excluding hydrogens is 249 g/mol. The Labute approximate surface area is 111 Å². The molecule has 1 amide bonds. The fourth-order valence-corrected chi connectivity index (χ4v) is 2.42. The van der Waals surface area contributed by atoms with Gasteiger partial charge in [-0.05, 0) is 25.0 Å². The van der Waals surface area contributed by atoms with E-state index in [9.17, 15) is 14.3 Å². The number of ether oxygens (including phenoxy) is 1. The number of carbonyl (C=O) groups is 1. The first kappa shape index (κ1) is 13.8. The van der Waals surface area contributed by atoms with Crippen LogP contribution in [0.15, 0.2) is 18.2 Å². The zero-order valence-corrected chi connectivity index (χ0v) is 10.9. The zero-order valence-electron chi connectivity index (χ0n) is 10.9. The van der Waals surface area contributed by atoms with Gasteiger partial charge in [-0.25, -0.2) is 4.39 Å². The molecule has 0 radical (unpaired) electrons. The molecule has 0 bridgehead atoms. The molecule has 4 nitrogen and oxygen atoms in total. The van der Waals surface area contributed by atoms with Crippen molar-refractivity contribution in [3.05, 3.63) is 29.6 Å². The predicted octanol–water partition coefficient (Wildman–Crippen LogP) is 1.87. The highest BCUT2D eigenvalue weighted by atomic mass is 19.1. The maximum absolute atomic E-state index is 13.7. The normalized spacial score (nSPS) is 22.9. The highest BCUT2D eigenvalue weighted by molar-refractivity contribution is 5.97. The number of amides is 1. The maximum atomic E-state index is 13.7. The number of nitrogens with one attached hydrogen (secondary N) is 1. The number of methoxy groups -OCH3 is 1. The minimum absolute atomic E-state index is 0.109. The van der Waals surface area contributed by atoms with Gasteiger partial charge in [-0.15, -0.1) is 0 Å². The van der Waals surface area contributed by atoms with E-state index in [2.05, 4.69) is 5.32 Å². The first-order valence-corrected chi connectivity index (χ1v) is 6.45. The highest BCUT2D eigenvalue weighted by Crippen LogP contribution is 2.23. The van der Waals surface area contributed by atoms with Gasteiger partial charge in [0.05, 0.1) is 19.3 Å². The number of carbonyl (C=O) groups excluding carboxylic acids is 1.